The molecule has 0 saturated carbocycles. The molecule has 0 heterocycles. The van der Waals surface area contributed by atoms with E-state index in [4.69, 9.17) is 0 Å². The average Bonchev–Trinajstić information content (AvgIpc) is 1.67. The summed E-state index contributed by atoms with van der Waals surface area (Å²) in [6.07, 6.45) is 4.08. The van der Waals surface area contributed by atoms with Gasteiger partial charge in [-0.1, -0.05) is 31.2 Å². The lowest BCUT2D eigenvalue weighted by molar-refractivity contribution is 1.21. The summed E-state index contributed by atoms with van der Waals surface area (Å²) in [5, 5.41) is 0. The van der Waals surface area contributed by atoms with E-state index in [9.17, 15) is 0 Å². The highest BCUT2D eigenvalue weighted by atomic mass is 14.0. The zero-order valence-electron chi connectivity index (χ0n) is 5.86. The summed E-state index contributed by atoms with van der Waals surface area (Å²) in [6.45, 7) is 9.86. The molecule has 0 unspecified atom stereocenters. The van der Waals surface area contributed by atoms with Gasteiger partial charge in [-0.2, -0.15) is 0 Å². The molecule has 0 bridgehead atoms. The van der Waals surface area contributed by atoms with Crippen LogP contribution in [-0.2, 0) is 0 Å². The fraction of sp³-hybridized carbons (Fsp3) is 0.375. The zero-order chi connectivity index (χ0) is 6.57. The number of rotatable bonds is 2. The molecule has 0 aromatic rings. The molecule has 0 nitrogen and oxygen atoms in total. The van der Waals surface area contributed by atoms with Gasteiger partial charge in [0, 0.05) is 5.92 Å². The van der Waals surface area contributed by atoms with Crippen molar-refractivity contribution in [1.82, 2.24) is 0 Å². The maximum absolute atomic E-state index is 3.79. The third kappa shape index (κ3) is 2.62. The van der Waals surface area contributed by atoms with Crippen LogP contribution < -0.4 is 0 Å². The fourth-order valence-corrected chi connectivity index (χ4v) is 0.392. The summed E-state index contributed by atoms with van der Waals surface area (Å²) >= 11 is 0. The van der Waals surface area contributed by atoms with Crippen molar-refractivity contribution < 1.29 is 0 Å². The molecule has 0 aliphatic heterocycles. The second-order valence-corrected chi connectivity index (χ2v) is 1.96. The number of hydrogen-bond acceptors (Lipinski definition) is 0. The van der Waals surface area contributed by atoms with Crippen LogP contribution >= 0.6 is 0 Å². The maximum Gasteiger partial charge on any atom is 0.0182 e. The van der Waals surface area contributed by atoms with Crippen LogP contribution in [0.2, 0.25) is 0 Å². The minimum absolute atomic E-state index is 1.14. The summed E-state index contributed by atoms with van der Waals surface area (Å²) in [7, 11) is 0. The SMILES string of the molecule is C=C(C)[C](C)C=CC. The summed E-state index contributed by atoms with van der Waals surface area (Å²) < 4.78 is 0. The Bertz CT molecular complexity index is 98.6. The van der Waals surface area contributed by atoms with Gasteiger partial charge < -0.3 is 0 Å². The Labute approximate surface area is 51.9 Å². The van der Waals surface area contributed by atoms with E-state index in [0.717, 1.165) is 5.57 Å². The molecule has 0 aliphatic rings. The second kappa shape index (κ2) is 3.48. The number of hydrogen-bond donors (Lipinski definition) is 0. The van der Waals surface area contributed by atoms with Gasteiger partial charge in [0.05, 0.1) is 0 Å². The molecule has 0 aromatic carbocycles. The summed E-state index contributed by atoms with van der Waals surface area (Å²) in [4.78, 5) is 0. The summed E-state index contributed by atoms with van der Waals surface area (Å²) in [5.74, 6) is 1.26. The van der Waals surface area contributed by atoms with Crippen molar-refractivity contribution in [3.63, 3.8) is 0 Å². The highest BCUT2D eigenvalue weighted by Crippen LogP contribution is 2.09. The van der Waals surface area contributed by atoms with Gasteiger partial charge in [-0.15, -0.1) is 0 Å². The van der Waals surface area contributed by atoms with E-state index >= 15 is 0 Å². The lowest BCUT2D eigenvalue weighted by Gasteiger charge is -2.00. The van der Waals surface area contributed by atoms with Gasteiger partial charge in [0.2, 0.25) is 0 Å². The van der Waals surface area contributed by atoms with Gasteiger partial charge in [-0.3, -0.25) is 0 Å². The highest BCUT2D eigenvalue weighted by Gasteiger charge is 1.93. The van der Waals surface area contributed by atoms with Crippen molar-refractivity contribution in [2.75, 3.05) is 0 Å². The molecule has 0 aromatic heterocycles. The summed E-state index contributed by atoms with van der Waals surface area (Å²) in [5.41, 5.74) is 1.14. The largest absolute Gasteiger partial charge is 0.0992 e. The van der Waals surface area contributed by atoms with E-state index in [1.807, 2.05) is 19.9 Å². The van der Waals surface area contributed by atoms with Crippen molar-refractivity contribution in [2.45, 2.75) is 20.8 Å². The molecule has 45 valence electrons. The van der Waals surface area contributed by atoms with E-state index in [1.54, 1.807) is 0 Å². The molecule has 0 spiro atoms. The van der Waals surface area contributed by atoms with Crippen molar-refractivity contribution in [3.8, 4) is 0 Å². The standard InChI is InChI=1S/C8H13/c1-5-6-8(4)7(2)3/h5-6H,2H2,1,3-4H3. The van der Waals surface area contributed by atoms with Crippen molar-refractivity contribution in [3.05, 3.63) is 30.2 Å². The fourth-order valence-electron chi connectivity index (χ4n) is 0.392. The first-order chi connectivity index (χ1) is 3.68. The minimum atomic E-state index is 1.14. The van der Waals surface area contributed by atoms with Crippen molar-refractivity contribution in [1.29, 1.82) is 0 Å². The van der Waals surface area contributed by atoms with Gasteiger partial charge >= 0.3 is 0 Å². The molecule has 8 heavy (non-hydrogen) atoms. The van der Waals surface area contributed by atoms with Crippen molar-refractivity contribution >= 4 is 0 Å². The Morgan fingerprint density at radius 2 is 1.88 bits per heavy atom. The van der Waals surface area contributed by atoms with Crippen LogP contribution in [0.15, 0.2) is 24.3 Å². The molecule has 1 radical (unpaired) electrons. The van der Waals surface area contributed by atoms with Crippen LogP contribution in [0.1, 0.15) is 20.8 Å². The first-order valence-corrected chi connectivity index (χ1v) is 2.80. The predicted octanol–water partition coefficient (Wildman–Crippen LogP) is 2.73. The second-order valence-electron chi connectivity index (χ2n) is 1.96. The van der Waals surface area contributed by atoms with E-state index in [2.05, 4.69) is 19.6 Å². The van der Waals surface area contributed by atoms with E-state index < -0.39 is 0 Å². The van der Waals surface area contributed by atoms with E-state index in [0.29, 0.717) is 0 Å². The van der Waals surface area contributed by atoms with Crippen LogP contribution in [0.5, 0.6) is 0 Å². The third-order valence-electron chi connectivity index (χ3n) is 1.09. The molecule has 0 atom stereocenters. The molecule has 0 saturated heterocycles. The predicted molar refractivity (Wildman–Crippen MR) is 38.5 cm³/mol. The Kier molecular flexibility index (Phi) is 3.25. The van der Waals surface area contributed by atoms with Crippen LogP contribution in [0.25, 0.3) is 0 Å². The van der Waals surface area contributed by atoms with Gasteiger partial charge in [0.1, 0.15) is 0 Å². The quantitative estimate of drug-likeness (QED) is 0.511. The number of allylic oxidation sites excluding steroid dienone is 3. The summed E-state index contributed by atoms with van der Waals surface area (Å²) in [6, 6.07) is 0. The monoisotopic (exact) mass is 109 g/mol. The third-order valence-corrected chi connectivity index (χ3v) is 1.09. The van der Waals surface area contributed by atoms with E-state index in [1.165, 1.54) is 5.92 Å². The molecule has 0 N–H and O–H groups in total. The Balaban J connectivity index is 3.64. The molecule has 0 amide bonds. The van der Waals surface area contributed by atoms with Gasteiger partial charge in [0.25, 0.3) is 0 Å². The van der Waals surface area contributed by atoms with Crippen LogP contribution in [0, 0.1) is 5.92 Å². The molecule has 0 heteroatoms. The Morgan fingerprint density at radius 3 is 2.00 bits per heavy atom. The lowest BCUT2D eigenvalue weighted by atomic mass is 10.0. The smallest absolute Gasteiger partial charge is 0.0182 e. The topological polar surface area (TPSA) is 0 Å². The Morgan fingerprint density at radius 1 is 1.38 bits per heavy atom. The minimum Gasteiger partial charge on any atom is -0.0992 e. The molecular weight excluding hydrogens is 96.1 g/mol. The first-order valence-electron chi connectivity index (χ1n) is 2.80. The van der Waals surface area contributed by atoms with Crippen LogP contribution in [0.4, 0.5) is 0 Å². The van der Waals surface area contributed by atoms with Crippen LogP contribution in [-0.4, -0.2) is 0 Å². The van der Waals surface area contributed by atoms with Crippen LogP contribution in [0.3, 0.4) is 0 Å². The molecule has 0 aliphatic carbocycles. The van der Waals surface area contributed by atoms with Gasteiger partial charge in [-0.25, -0.2) is 0 Å². The Hall–Kier alpha value is -0.520. The van der Waals surface area contributed by atoms with Gasteiger partial charge in [0.15, 0.2) is 0 Å². The lowest BCUT2D eigenvalue weighted by Crippen LogP contribution is -1.84. The van der Waals surface area contributed by atoms with Gasteiger partial charge in [-0.05, 0) is 13.8 Å². The highest BCUT2D eigenvalue weighted by molar-refractivity contribution is 5.26. The molecular formula is C8H13. The average molecular weight is 109 g/mol. The molecule has 0 rings (SSSR count). The maximum atomic E-state index is 3.79. The van der Waals surface area contributed by atoms with E-state index in [-0.39, 0.29) is 0 Å². The normalized spacial score (nSPS) is 11.0. The first kappa shape index (κ1) is 7.48. The zero-order valence-corrected chi connectivity index (χ0v) is 5.86. The van der Waals surface area contributed by atoms with Crippen molar-refractivity contribution in [2.24, 2.45) is 0 Å². The molecule has 0 fully saturated rings.